The van der Waals surface area contributed by atoms with Crippen LogP contribution in [0.25, 0.3) is 0 Å². The van der Waals surface area contributed by atoms with Gasteiger partial charge in [0.1, 0.15) is 0 Å². The van der Waals surface area contributed by atoms with E-state index < -0.39 is 0 Å². The molecule has 1 saturated heterocycles. The molecule has 1 rings (SSSR count). The predicted molar refractivity (Wildman–Crippen MR) is 68.7 cm³/mol. The van der Waals surface area contributed by atoms with E-state index in [1.807, 2.05) is 0 Å². The van der Waals surface area contributed by atoms with E-state index in [-0.39, 0.29) is 0 Å². The molecule has 16 heavy (non-hydrogen) atoms. The van der Waals surface area contributed by atoms with E-state index in [1.54, 1.807) is 0 Å². The molecule has 0 aromatic heterocycles. The van der Waals surface area contributed by atoms with Crippen LogP contribution in [0.5, 0.6) is 0 Å². The number of nitrogens with zero attached hydrogens (tertiary/aromatic N) is 1. The number of likely N-dealkylation sites (N-methyl/N-ethyl adjacent to an activating group) is 1. The lowest BCUT2D eigenvalue weighted by atomic mass is 10.0. The summed E-state index contributed by atoms with van der Waals surface area (Å²) in [5, 5.41) is 12.2. The molecule has 96 valence electrons. The van der Waals surface area contributed by atoms with Crippen molar-refractivity contribution >= 4 is 0 Å². The van der Waals surface area contributed by atoms with Crippen LogP contribution in [-0.2, 0) is 0 Å². The standard InChI is InChI=1S/C13H28N2O/c1-15-10-6-4-8-13(15)12-14-9-5-2-3-7-11-16/h13-14,16H,2-12H2,1H3. The highest BCUT2D eigenvalue weighted by molar-refractivity contribution is 4.75. The molecule has 3 heteroatoms. The Kier molecular flexibility index (Phi) is 7.81. The molecule has 0 bridgehead atoms. The lowest BCUT2D eigenvalue weighted by Gasteiger charge is -2.32. The van der Waals surface area contributed by atoms with Gasteiger partial charge in [-0.2, -0.15) is 0 Å². The molecule has 1 heterocycles. The van der Waals surface area contributed by atoms with E-state index in [0.717, 1.165) is 25.6 Å². The molecule has 1 aliphatic heterocycles. The number of hydrogen-bond donors (Lipinski definition) is 2. The summed E-state index contributed by atoms with van der Waals surface area (Å²) >= 11 is 0. The van der Waals surface area contributed by atoms with Crippen LogP contribution in [0.4, 0.5) is 0 Å². The first-order valence-electron chi connectivity index (χ1n) is 6.86. The second-order valence-electron chi connectivity index (χ2n) is 4.97. The van der Waals surface area contributed by atoms with Gasteiger partial charge in [-0.3, -0.25) is 0 Å². The fourth-order valence-electron chi connectivity index (χ4n) is 2.39. The van der Waals surface area contributed by atoms with Gasteiger partial charge < -0.3 is 15.3 Å². The first-order chi connectivity index (χ1) is 7.84. The van der Waals surface area contributed by atoms with E-state index in [4.69, 9.17) is 5.11 Å². The Morgan fingerprint density at radius 1 is 1.19 bits per heavy atom. The molecule has 0 spiro atoms. The Bertz CT molecular complexity index is 164. The van der Waals surface area contributed by atoms with Gasteiger partial charge in [0, 0.05) is 19.2 Å². The predicted octanol–water partition coefficient (Wildman–Crippen LogP) is 1.61. The third-order valence-corrected chi connectivity index (χ3v) is 3.56. The Hall–Kier alpha value is -0.120. The van der Waals surface area contributed by atoms with Gasteiger partial charge in [-0.15, -0.1) is 0 Å². The van der Waals surface area contributed by atoms with Gasteiger partial charge in [-0.05, 0) is 45.8 Å². The minimum atomic E-state index is 0.348. The molecule has 0 aromatic rings. The van der Waals surface area contributed by atoms with Crippen LogP contribution in [-0.4, -0.2) is 49.3 Å². The SMILES string of the molecule is CN1CCCCC1CNCCCCCCO. The van der Waals surface area contributed by atoms with Crippen molar-refractivity contribution in [3.05, 3.63) is 0 Å². The molecule has 2 N–H and O–H groups in total. The number of nitrogens with one attached hydrogen (secondary N) is 1. The molecule has 0 radical (unpaired) electrons. The number of likely N-dealkylation sites (tertiary alicyclic amines) is 1. The Morgan fingerprint density at radius 2 is 2.00 bits per heavy atom. The summed E-state index contributed by atoms with van der Waals surface area (Å²) in [6.07, 6.45) is 8.74. The quantitative estimate of drug-likeness (QED) is 0.620. The van der Waals surface area contributed by atoms with Crippen molar-refractivity contribution in [1.29, 1.82) is 0 Å². The molecule has 0 saturated carbocycles. The maximum Gasteiger partial charge on any atom is 0.0431 e. The molecule has 0 amide bonds. The summed E-state index contributed by atoms with van der Waals surface area (Å²) in [6, 6.07) is 0.756. The highest BCUT2D eigenvalue weighted by Crippen LogP contribution is 2.13. The summed E-state index contributed by atoms with van der Waals surface area (Å²) in [4.78, 5) is 2.49. The molecule has 3 nitrogen and oxygen atoms in total. The van der Waals surface area contributed by atoms with Crippen molar-refractivity contribution in [3.63, 3.8) is 0 Å². The third-order valence-electron chi connectivity index (χ3n) is 3.56. The first kappa shape index (κ1) is 13.9. The van der Waals surface area contributed by atoms with Crippen molar-refractivity contribution in [2.45, 2.75) is 51.0 Å². The van der Waals surface area contributed by atoms with E-state index in [1.165, 1.54) is 45.1 Å². The summed E-state index contributed by atoms with van der Waals surface area (Å²) in [7, 11) is 2.24. The summed E-state index contributed by atoms with van der Waals surface area (Å²) in [6.45, 7) is 3.90. The van der Waals surface area contributed by atoms with Gasteiger partial charge in [0.25, 0.3) is 0 Å². The summed E-state index contributed by atoms with van der Waals surface area (Å²) < 4.78 is 0. The van der Waals surface area contributed by atoms with Crippen LogP contribution in [0, 0.1) is 0 Å². The molecular formula is C13H28N2O. The highest BCUT2D eigenvalue weighted by atomic mass is 16.2. The smallest absolute Gasteiger partial charge is 0.0431 e. The van der Waals surface area contributed by atoms with Crippen LogP contribution in [0.2, 0.25) is 0 Å². The summed E-state index contributed by atoms with van der Waals surface area (Å²) in [5.41, 5.74) is 0. The van der Waals surface area contributed by atoms with E-state index in [9.17, 15) is 0 Å². The highest BCUT2D eigenvalue weighted by Gasteiger charge is 2.17. The molecule has 1 unspecified atom stereocenters. The van der Waals surface area contributed by atoms with Crippen molar-refractivity contribution in [1.82, 2.24) is 10.2 Å². The van der Waals surface area contributed by atoms with Crippen LogP contribution >= 0.6 is 0 Å². The number of hydrogen-bond acceptors (Lipinski definition) is 3. The number of piperidine rings is 1. The van der Waals surface area contributed by atoms with Gasteiger partial charge in [-0.1, -0.05) is 19.3 Å². The Morgan fingerprint density at radius 3 is 2.75 bits per heavy atom. The monoisotopic (exact) mass is 228 g/mol. The molecule has 0 aliphatic carbocycles. The maximum atomic E-state index is 8.65. The second kappa shape index (κ2) is 8.97. The number of aliphatic hydroxyl groups excluding tert-OH is 1. The van der Waals surface area contributed by atoms with Gasteiger partial charge >= 0.3 is 0 Å². The zero-order chi connectivity index (χ0) is 11.6. The van der Waals surface area contributed by atoms with E-state index in [2.05, 4.69) is 17.3 Å². The molecule has 1 atom stereocenters. The molecule has 0 aromatic carbocycles. The van der Waals surface area contributed by atoms with E-state index >= 15 is 0 Å². The van der Waals surface area contributed by atoms with Crippen molar-refractivity contribution in [2.75, 3.05) is 33.3 Å². The van der Waals surface area contributed by atoms with Crippen molar-refractivity contribution < 1.29 is 5.11 Å². The first-order valence-corrected chi connectivity index (χ1v) is 6.86. The number of unbranched alkanes of at least 4 members (excludes halogenated alkanes) is 3. The second-order valence-corrected chi connectivity index (χ2v) is 4.97. The number of rotatable bonds is 8. The minimum absolute atomic E-state index is 0.348. The lowest BCUT2D eigenvalue weighted by molar-refractivity contribution is 0.181. The van der Waals surface area contributed by atoms with Crippen molar-refractivity contribution in [2.24, 2.45) is 0 Å². The Labute approximate surface area is 100 Å². The van der Waals surface area contributed by atoms with Crippen LogP contribution in [0.1, 0.15) is 44.9 Å². The third kappa shape index (κ3) is 5.83. The molecule has 1 fully saturated rings. The normalized spacial score (nSPS) is 22.5. The molecular weight excluding hydrogens is 200 g/mol. The van der Waals surface area contributed by atoms with Crippen LogP contribution in [0.3, 0.4) is 0 Å². The number of aliphatic hydroxyl groups is 1. The van der Waals surface area contributed by atoms with E-state index in [0.29, 0.717) is 6.61 Å². The Balaban J connectivity index is 1.90. The summed E-state index contributed by atoms with van der Waals surface area (Å²) in [5.74, 6) is 0. The fraction of sp³-hybridized carbons (Fsp3) is 1.00. The van der Waals surface area contributed by atoms with Gasteiger partial charge in [0.15, 0.2) is 0 Å². The lowest BCUT2D eigenvalue weighted by Crippen LogP contribution is -2.43. The van der Waals surface area contributed by atoms with Gasteiger partial charge in [0.05, 0.1) is 0 Å². The largest absolute Gasteiger partial charge is 0.396 e. The minimum Gasteiger partial charge on any atom is -0.396 e. The molecule has 1 aliphatic rings. The maximum absolute atomic E-state index is 8.65. The average Bonchev–Trinajstić information content (AvgIpc) is 2.30. The fourth-order valence-corrected chi connectivity index (χ4v) is 2.39. The topological polar surface area (TPSA) is 35.5 Å². The van der Waals surface area contributed by atoms with Crippen LogP contribution < -0.4 is 5.32 Å². The van der Waals surface area contributed by atoms with Crippen LogP contribution in [0.15, 0.2) is 0 Å². The zero-order valence-corrected chi connectivity index (χ0v) is 10.7. The van der Waals surface area contributed by atoms with Gasteiger partial charge in [-0.25, -0.2) is 0 Å². The van der Waals surface area contributed by atoms with Crippen molar-refractivity contribution in [3.8, 4) is 0 Å². The average molecular weight is 228 g/mol. The zero-order valence-electron chi connectivity index (χ0n) is 10.7. The van der Waals surface area contributed by atoms with Gasteiger partial charge in [0.2, 0.25) is 0 Å².